The molecule has 8 heteroatoms. The fourth-order valence-corrected chi connectivity index (χ4v) is 2.97. The van der Waals surface area contributed by atoms with Gasteiger partial charge in [-0.05, 0) is 25.1 Å². The van der Waals surface area contributed by atoms with Gasteiger partial charge in [-0.15, -0.1) is 0 Å². The summed E-state index contributed by atoms with van der Waals surface area (Å²) in [5, 5.41) is 0.512. The maximum absolute atomic E-state index is 11.9. The van der Waals surface area contributed by atoms with Gasteiger partial charge in [-0.1, -0.05) is 23.2 Å². The van der Waals surface area contributed by atoms with Gasteiger partial charge < -0.3 is 5.73 Å². The fraction of sp³-hybridized carbons (Fsp3) is 0.300. The van der Waals surface area contributed by atoms with Crippen LogP contribution in [0.25, 0.3) is 0 Å². The Kier molecular flexibility index (Phi) is 4.84. The SMILES string of the molecule is CCS(=O)(=O)N(CC(N)=O)c1ccc(Cl)cc1Cl. The molecule has 0 heterocycles. The summed E-state index contributed by atoms with van der Waals surface area (Å²) in [6.07, 6.45) is 0. The summed E-state index contributed by atoms with van der Waals surface area (Å²) in [7, 11) is -3.64. The second-order valence-corrected chi connectivity index (χ2v) is 6.49. The van der Waals surface area contributed by atoms with Crippen LogP contribution in [-0.2, 0) is 14.8 Å². The van der Waals surface area contributed by atoms with Crippen molar-refractivity contribution in [1.82, 2.24) is 0 Å². The highest BCUT2D eigenvalue weighted by Crippen LogP contribution is 2.30. The Morgan fingerprint density at radius 2 is 2.00 bits per heavy atom. The summed E-state index contributed by atoms with van der Waals surface area (Å²) < 4.78 is 24.7. The minimum absolute atomic E-state index is 0.140. The topological polar surface area (TPSA) is 80.5 Å². The molecule has 2 N–H and O–H groups in total. The number of carbonyl (C=O) groups excluding carboxylic acids is 1. The van der Waals surface area contributed by atoms with Crippen LogP contribution >= 0.6 is 23.2 Å². The first-order chi connectivity index (χ1) is 8.27. The number of nitrogens with zero attached hydrogens (tertiary/aromatic N) is 1. The van der Waals surface area contributed by atoms with Crippen LogP contribution in [0.1, 0.15) is 6.92 Å². The molecule has 1 amide bonds. The molecular weight excluding hydrogens is 299 g/mol. The average molecular weight is 311 g/mol. The molecule has 1 aromatic carbocycles. The van der Waals surface area contributed by atoms with E-state index in [2.05, 4.69) is 0 Å². The summed E-state index contributed by atoms with van der Waals surface area (Å²) in [6, 6.07) is 4.32. The minimum Gasteiger partial charge on any atom is -0.368 e. The Morgan fingerprint density at radius 1 is 1.39 bits per heavy atom. The van der Waals surface area contributed by atoms with Gasteiger partial charge in [0.15, 0.2) is 0 Å². The molecule has 0 bridgehead atoms. The van der Waals surface area contributed by atoms with E-state index in [-0.39, 0.29) is 16.5 Å². The second kappa shape index (κ2) is 5.77. The van der Waals surface area contributed by atoms with Gasteiger partial charge in [0.05, 0.1) is 16.5 Å². The minimum atomic E-state index is -3.64. The lowest BCUT2D eigenvalue weighted by Gasteiger charge is -2.23. The highest BCUT2D eigenvalue weighted by atomic mass is 35.5. The first kappa shape index (κ1) is 15.1. The van der Waals surface area contributed by atoms with Crippen LogP contribution in [0.5, 0.6) is 0 Å². The highest BCUT2D eigenvalue weighted by molar-refractivity contribution is 7.92. The van der Waals surface area contributed by atoms with Crippen LogP contribution in [0.3, 0.4) is 0 Å². The lowest BCUT2D eigenvalue weighted by Crippen LogP contribution is -2.39. The van der Waals surface area contributed by atoms with E-state index in [0.29, 0.717) is 5.02 Å². The van der Waals surface area contributed by atoms with E-state index in [9.17, 15) is 13.2 Å². The van der Waals surface area contributed by atoms with Crippen molar-refractivity contribution in [2.24, 2.45) is 5.73 Å². The van der Waals surface area contributed by atoms with Crippen LogP contribution in [0.4, 0.5) is 5.69 Å². The smallest absolute Gasteiger partial charge is 0.238 e. The summed E-state index contributed by atoms with van der Waals surface area (Å²) in [5.41, 5.74) is 5.23. The predicted octanol–water partition coefficient (Wildman–Crippen LogP) is 1.63. The van der Waals surface area contributed by atoms with E-state index >= 15 is 0 Å². The molecule has 0 spiro atoms. The van der Waals surface area contributed by atoms with Crippen molar-refractivity contribution in [1.29, 1.82) is 0 Å². The number of hydrogen-bond donors (Lipinski definition) is 1. The highest BCUT2D eigenvalue weighted by Gasteiger charge is 2.24. The predicted molar refractivity (Wildman–Crippen MR) is 72.5 cm³/mol. The Morgan fingerprint density at radius 3 is 2.44 bits per heavy atom. The lowest BCUT2D eigenvalue weighted by molar-refractivity contribution is -0.116. The fourth-order valence-electron chi connectivity index (χ4n) is 1.31. The molecule has 5 nitrogen and oxygen atoms in total. The maximum Gasteiger partial charge on any atom is 0.238 e. The molecule has 100 valence electrons. The number of anilines is 1. The van der Waals surface area contributed by atoms with Gasteiger partial charge in [0, 0.05) is 5.02 Å². The number of primary amides is 1. The largest absolute Gasteiger partial charge is 0.368 e. The number of hydrogen-bond acceptors (Lipinski definition) is 3. The van der Waals surface area contributed by atoms with Gasteiger partial charge in [0.25, 0.3) is 0 Å². The van der Waals surface area contributed by atoms with Gasteiger partial charge in [0.2, 0.25) is 15.9 Å². The lowest BCUT2D eigenvalue weighted by atomic mass is 10.3. The van der Waals surface area contributed by atoms with E-state index < -0.39 is 22.5 Å². The van der Waals surface area contributed by atoms with E-state index in [1.807, 2.05) is 0 Å². The van der Waals surface area contributed by atoms with E-state index in [1.54, 1.807) is 0 Å². The van der Waals surface area contributed by atoms with Crippen molar-refractivity contribution in [2.45, 2.75) is 6.92 Å². The van der Waals surface area contributed by atoms with Crippen LogP contribution in [0.15, 0.2) is 18.2 Å². The van der Waals surface area contributed by atoms with Gasteiger partial charge in [0.1, 0.15) is 6.54 Å². The Balaban J connectivity index is 3.30. The van der Waals surface area contributed by atoms with Crippen molar-refractivity contribution >= 4 is 44.8 Å². The van der Waals surface area contributed by atoms with Crippen molar-refractivity contribution in [2.75, 3.05) is 16.6 Å². The molecule has 0 atom stereocenters. The normalized spacial score (nSPS) is 11.3. The molecule has 0 radical (unpaired) electrons. The van der Waals surface area contributed by atoms with Crippen LogP contribution in [-0.4, -0.2) is 26.6 Å². The Bertz CT molecular complexity index is 560. The third-order valence-corrected chi connectivity index (χ3v) is 4.44. The molecule has 0 aliphatic rings. The van der Waals surface area contributed by atoms with Gasteiger partial charge >= 0.3 is 0 Å². The quantitative estimate of drug-likeness (QED) is 0.897. The van der Waals surface area contributed by atoms with Crippen molar-refractivity contribution < 1.29 is 13.2 Å². The van der Waals surface area contributed by atoms with Gasteiger partial charge in [-0.3, -0.25) is 9.10 Å². The molecular formula is C10H12Cl2N2O3S. The third-order valence-electron chi connectivity index (χ3n) is 2.18. The number of amides is 1. The molecule has 0 fully saturated rings. The van der Waals surface area contributed by atoms with Crippen molar-refractivity contribution in [3.05, 3.63) is 28.2 Å². The van der Waals surface area contributed by atoms with E-state index in [0.717, 1.165) is 4.31 Å². The maximum atomic E-state index is 11.9. The van der Waals surface area contributed by atoms with E-state index in [1.165, 1.54) is 25.1 Å². The Hall–Kier alpha value is -0.980. The van der Waals surface area contributed by atoms with Crippen LogP contribution < -0.4 is 10.0 Å². The third kappa shape index (κ3) is 3.51. The van der Waals surface area contributed by atoms with Crippen LogP contribution in [0, 0.1) is 0 Å². The average Bonchev–Trinajstić information content (AvgIpc) is 2.26. The molecule has 0 aliphatic carbocycles. The van der Waals surface area contributed by atoms with Crippen LogP contribution in [0.2, 0.25) is 10.0 Å². The second-order valence-electron chi connectivity index (χ2n) is 3.47. The monoisotopic (exact) mass is 310 g/mol. The molecule has 18 heavy (non-hydrogen) atoms. The standard InChI is InChI=1S/C10H12Cl2N2O3S/c1-2-18(16,17)14(6-10(13)15)9-4-3-7(11)5-8(9)12/h3-5H,2,6H2,1H3,(H2,13,15). The molecule has 1 rings (SSSR count). The molecule has 1 aromatic rings. The number of rotatable bonds is 5. The molecule has 0 saturated carbocycles. The number of nitrogens with two attached hydrogens (primary N) is 1. The number of sulfonamides is 1. The van der Waals surface area contributed by atoms with Gasteiger partial charge in [-0.25, -0.2) is 8.42 Å². The van der Waals surface area contributed by atoms with Gasteiger partial charge in [-0.2, -0.15) is 0 Å². The Labute approximate surface area is 116 Å². The molecule has 0 unspecified atom stereocenters. The zero-order chi connectivity index (χ0) is 13.9. The number of halogens is 2. The van der Waals surface area contributed by atoms with Crippen molar-refractivity contribution in [3.8, 4) is 0 Å². The van der Waals surface area contributed by atoms with Crippen molar-refractivity contribution in [3.63, 3.8) is 0 Å². The molecule has 0 saturated heterocycles. The number of benzene rings is 1. The summed E-state index contributed by atoms with van der Waals surface area (Å²) in [4.78, 5) is 11.0. The molecule has 0 aliphatic heterocycles. The zero-order valence-electron chi connectivity index (χ0n) is 9.56. The summed E-state index contributed by atoms with van der Waals surface area (Å²) in [6.45, 7) is 1.00. The first-order valence-corrected chi connectivity index (χ1v) is 7.38. The zero-order valence-corrected chi connectivity index (χ0v) is 11.9. The number of carbonyl (C=O) groups is 1. The molecule has 0 aromatic heterocycles. The summed E-state index contributed by atoms with van der Waals surface area (Å²) in [5.74, 6) is -0.933. The summed E-state index contributed by atoms with van der Waals surface area (Å²) >= 11 is 11.7. The van der Waals surface area contributed by atoms with E-state index in [4.69, 9.17) is 28.9 Å². The first-order valence-electron chi connectivity index (χ1n) is 5.01.